The summed E-state index contributed by atoms with van der Waals surface area (Å²) in [7, 11) is 1.65. The zero-order valence-corrected chi connectivity index (χ0v) is 17.2. The third-order valence-corrected chi connectivity index (χ3v) is 5.77. The lowest BCUT2D eigenvalue weighted by Crippen LogP contribution is -2.35. The van der Waals surface area contributed by atoms with Crippen molar-refractivity contribution in [3.8, 4) is 5.75 Å². The van der Waals surface area contributed by atoms with Crippen molar-refractivity contribution >= 4 is 17.7 Å². The molecule has 1 amide bonds. The summed E-state index contributed by atoms with van der Waals surface area (Å²) >= 11 is 1.54. The second-order valence-corrected chi connectivity index (χ2v) is 8.06. The predicted octanol–water partition coefficient (Wildman–Crippen LogP) is 5.39. The van der Waals surface area contributed by atoms with Crippen LogP contribution in [0.3, 0.4) is 0 Å². The SMILES string of the molecule is COc1ccc(S[C@H](C)C(=O)N[C@H](c2ccccc2)c2ccccc2C)cc1. The molecule has 3 nitrogen and oxygen atoms in total. The van der Waals surface area contributed by atoms with E-state index in [-0.39, 0.29) is 17.2 Å². The van der Waals surface area contributed by atoms with E-state index in [9.17, 15) is 4.79 Å². The molecule has 0 spiro atoms. The number of carbonyl (C=O) groups excluding carboxylic acids is 1. The highest BCUT2D eigenvalue weighted by Gasteiger charge is 2.22. The monoisotopic (exact) mass is 391 g/mol. The van der Waals surface area contributed by atoms with E-state index in [4.69, 9.17) is 4.74 Å². The minimum atomic E-state index is -0.219. The van der Waals surface area contributed by atoms with Crippen LogP contribution in [0.25, 0.3) is 0 Å². The molecular weight excluding hydrogens is 366 g/mol. The molecule has 0 aromatic heterocycles. The molecule has 144 valence electrons. The normalized spacial score (nSPS) is 12.8. The maximum atomic E-state index is 13.0. The van der Waals surface area contributed by atoms with Crippen LogP contribution in [-0.4, -0.2) is 18.3 Å². The van der Waals surface area contributed by atoms with Gasteiger partial charge in [-0.25, -0.2) is 0 Å². The Morgan fingerprint density at radius 3 is 2.21 bits per heavy atom. The minimum Gasteiger partial charge on any atom is -0.497 e. The van der Waals surface area contributed by atoms with Gasteiger partial charge in [0.2, 0.25) is 5.91 Å². The van der Waals surface area contributed by atoms with E-state index in [1.165, 1.54) is 11.8 Å². The van der Waals surface area contributed by atoms with Gasteiger partial charge in [-0.3, -0.25) is 4.79 Å². The first kappa shape index (κ1) is 20.0. The number of amides is 1. The standard InChI is InChI=1S/C24H25NO2S/c1-17-9-7-8-12-22(17)23(19-10-5-4-6-11-19)25-24(26)18(2)28-21-15-13-20(27-3)14-16-21/h4-16,18,23H,1-3H3,(H,25,26)/t18-,23-/m1/s1. The average molecular weight is 392 g/mol. The van der Waals surface area contributed by atoms with E-state index in [1.807, 2.05) is 61.5 Å². The largest absolute Gasteiger partial charge is 0.497 e. The number of ether oxygens (including phenoxy) is 1. The Balaban J connectivity index is 1.78. The van der Waals surface area contributed by atoms with Crippen molar-refractivity contribution in [2.45, 2.75) is 30.0 Å². The van der Waals surface area contributed by atoms with Gasteiger partial charge < -0.3 is 10.1 Å². The average Bonchev–Trinajstić information content (AvgIpc) is 2.73. The number of nitrogens with one attached hydrogen (secondary N) is 1. The van der Waals surface area contributed by atoms with Gasteiger partial charge in [0.1, 0.15) is 5.75 Å². The van der Waals surface area contributed by atoms with Crippen molar-refractivity contribution in [3.63, 3.8) is 0 Å². The molecule has 1 N–H and O–H groups in total. The van der Waals surface area contributed by atoms with E-state index in [0.717, 1.165) is 27.3 Å². The van der Waals surface area contributed by atoms with Gasteiger partial charge in [0, 0.05) is 4.90 Å². The highest BCUT2D eigenvalue weighted by molar-refractivity contribution is 8.00. The van der Waals surface area contributed by atoms with Crippen LogP contribution in [-0.2, 0) is 4.79 Å². The molecule has 0 aliphatic rings. The van der Waals surface area contributed by atoms with Gasteiger partial charge in [0.25, 0.3) is 0 Å². The molecule has 0 heterocycles. The number of methoxy groups -OCH3 is 1. The third-order valence-electron chi connectivity index (χ3n) is 4.66. The molecule has 0 radical (unpaired) electrons. The highest BCUT2D eigenvalue weighted by Crippen LogP contribution is 2.28. The number of aryl methyl sites for hydroxylation is 1. The number of hydrogen-bond acceptors (Lipinski definition) is 3. The van der Waals surface area contributed by atoms with Gasteiger partial charge in [0.05, 0.1) is 18.4 Å². The molecule has 4 heteroatoms. The molecule has 3 aromatic carbocycles. The molecular formula is C24H25NO2S. The molecule has 3 rings (SSSR count). The highest BCUT2D eigenvalue weighted by atomic mass is 32.2. The van der Waals surface area contributed by atoms with Crippen LogP contribution in [0.1, 0.15) is 29.7 Å². The summed E-state index contributed by atoms with van der Waals surface area (Å²) in [6, 6.07) is 25.9. The predicted molar refractivity (Wildman–Crippen MR) is 116 cm³/mol. The van der Waals surface area contributed by atoms with Gasteiger partial charge >= 0.3 is 0 Å². The topological polar surface area (TPSA) is 38.3 Å². The van der Waals surface area contributed by atoms with E-state index in [2.05, 4.69) is 36.5 Å². The molecule has 0 aliphatic heterocycles. The van der Waals surface area contributed by atoms with Crippen molar-refractivity contribution in [1.29, 1.82) is 0 Å². The zero-order chi connectivity index (χ0) is 19.9. The Labute approximate surface area is 171 Å². The van der Waals surface area contributed by atoms with E-state index >= 15 is 0 Å². The lowest BCUT2D eigenvalue weighted by molar-refractivity contribution is -0.120. The zero-order valence-electron chi connectivity index (χ0n) is 16.4. The van der Waals surface area contributed by atoms with Crippen molar-refractivity contribution in [2.75, 3.05) is 7.11 Å². The van der Waals surface area contributed by atoms with Crippen LogP contribution in [0.15, 0.2) is 83.8 Å². The minimum absolute atomic E-state index is 0.0120. The van der Waals surface area contributed by atoms with Gasteiger partial charge in [0.15, 0.2) is 0 Å². The Morgan fingerprint density at radius 1 is 0.929 bits per heavy atom. The molecule has 0 saturated heterocycles. The fourth-order valence-corrected chi connectivity index (χ4v) is 3.94. The van der Waals surface area contributed by atoms with Gasteiger partial charge in [-0.1, -0.05) is 54.6 Å². The summed E-state index contributed by atoms with van der Waals surface area (Å²) in [4.78, 5) is 14.0. The molecule has 0 fully saturated rings. The number of carbonyl (C=O) groups is 1. The summed E-state index contributed by atoms with van der Waals surface area (Å²) in [6.45, 7) is 4.01. The summed E-state index contributed by atoms with van der Waals surface area (Å²) in [5, 5.41) is 3.03. The van der Waals surface area contributed by atoms with Crippen molar-refractivity contribution in [3.05, 3.63) is 95.6 Å². The molecule has 0 unspecified atom stereocenters. The molecule has 28 heavy (non-hydrogen) atoms. The van der Waals surface area contributed by atoms with Crippen LogP contribution in [0.5, 0.6) is 5.75 Å². The molecule has 3 aromatic rings. The molecule has 0 bridgehead atoms. The maximum absolute atomic E-state index is 13.0. The fourth-order valence-electron chi connectivity index (χ4n) is 3.07. The maximum Gasteiger partial charge on any atom is 0.233 e. The van der Waals surface area contributed by atoms with Gasteiger partial charge in [-0.05, 0) is 54.8 Å². The third kappa shape index (κ3) is 4.96. The van der Waals surface area contributed by atoms with Crippen molar-refractivity contribution in [2.24, 2.45) is 0 Å². The summed E-state index contributed by atoms with van der Waals surface area (Å²) in [5.74, 6) is 0.822. The summed E-state index contributed by atoms with van der Waals surface area (Å²) in [6.07, 6.45) is 0. The smallest absolute Gasteiger partial charge is 0.233 e. The number of hydrogen-bond donors (Lipinski definition) is 1. The van der Waals surface area contributed by atoms with E-state index in [1.54, 1.807) is 7.11 Å². The number of rotatable bonds is 7. The summed E-state index contributed by atoms with van der Waals surface area (Å²) in [5.41, 5.74) is 3.35. The van der Waals surface area contributed by atoms with E-state index in [0.29, 0.717) is 0 Å². The van der Waals surface area contributed by atoms with Crippen molar-refractivity contribution < 1.29 is 9.53 Å². The van der Waals surface area contributed by atoms with E-state index < -0.39 is 0 Å². The fraction of sp³-hybridized carbons (Fsp3) is 0.208. The molecule has 2 atom stereocenters. The van der Waals surface area contributed by atoms with Crippen LogP contribution >= 0.6 is 11.8 Å². The summed E-state index contributed by atoms with van der Waals surface area (Å²) < 4.78 is 5.19. The van der Waals surface area contributed by atoms with Gasteiger partial charge in [-0.15, -0.1) is 11.8 Å². The number of thioether (sulfide) groups is 1. The second kappa shape index (κ2) is 9.47. The molecule has 0 aliphatic carbocycles. The van der Waals surface area contributed by atoms with Gasteiger partial charge in [-0.2, -0.15) is 0 Å². The lowest BCUT2D eigenvalue weighted by atomic mass is 9.95. The van der Waals surface area contributed by atoms with Crippen LogP contribution in [0, 0.1) is 6.92 Å². The quantitative estimate of drug-likeness (QED) is 0.549. The Kier molecular flexibility index (Phi) is 6.77. The lowest BCUT2D eigenvalue weighted by Gasteiger charge is -2.23. The van der Waals surface area contributed by atoms with Crippen LogP contribution in [0.2, 0.25) is 0 Å². The Bertz CT molecular complexity index is 909. The van der Waals surface area contributed by atoms with Crippen LogP contribution in [0.4, 0.5) is 0 Å². The number of benzene rings is 3. The first-order valence-electron chi connectivity index (χ1n) is 9.30. The molecule has 0 saturated carbocycles. The first-order chi connectivity index (χ1) is 13.6. The Hall–Kier alpha value is -2.72. The second-order valence-electron chi connectivity index (χ2n) is 6.64. The van der Waals surface area contributed by atoms with Crippen molar-refractivity contribution in [1.82, 2.24) is 5.32 Å². The first-order valence-corrected chi connectivity index (χ1v) is 10.2. The van der Waals surface area contributed by atoms with Crippen LogP contribution < -0.4 is 10.1 Å². The Morgan fingerprint density at radius 2 is 1.57 bits per heavy atom.